The van der Waals surface area contributed by atoms with Crippen molar-refractivity contribution in [2.24, 2.45) is 7.05 Å². The number of hydrogen-bond donors (Lipinski definition) is 1. The Morgan fingerprint density at radius 2 is 2.14 bits per heavy atom. The number of halogens is 1. The zero-order valence-electron chi connectivity index (χ0n) is 12.1. The molecule has 3 rings (SSSR count). The van der Waals surface area contributed by atoms with Gasteiger partial charge in [-0.3, -0.25) is 4.57 Å². The minimum absolute atomic E-state index is 0.411. The van der Waals surface area contributed by atoms with E-state index in [9.17, 15) is 0 Å². The molecule has 2 heterocycles. The topological polar surface area (TPSA) is 70.9 Å². The maximum atomic E-state index is 6.20. The summed E-state index contributed by atoms with van der Waals surface area (Å²) in [6.45, 7) is 2.04. The molecule has 1 aromatic carbocycles. The first-order valence-corrected chi connectivity index (χ1v) is 6.98. The largest absolute Gasteiger partial charge is 0.495 e. The van der Waals surface area contributed by atoms with Crippen LogP contribution in [0.5, 0.6) is 5.75 Å². The van der Waals surface area contributed by atoms with E-state index in [0.717, 1.165) is 29.0 Å². The van der Waals surface area contributed by atoms with Crippen LogP contribution in [0.1, 0.15) is 12.6 Å². The van der Waals surface area contributed by atoms with E-state index in [0.29, 0.717) is 16.7 Å². The van der Waals surface area contributed by atoms with Gasteiger partial charge in [0.15, 0.2) is 5.65 Å². The molecule has 0 aliphatic heterocycles. The number of ether oxygens (including phenoxy) is 1. The Morgan fingerprint density at radius 3 is 2.76 bits per heavy atom. The molecule has 3 aromatic rings. The Bertz CT molecular complexity index is 820. The fourth-order valence-electron chi connectivity index (χ4n) is 2.48. The van der Waals surface area contributed by atoms with Crippen molar-refractivity contribution in [1.82, 2.24) is 19.3 Å². The maximum absolute atomic E-state index is 6.20. The standard InChI is InChI=1S/C14H16ClN5O/c1-4-10-12-13(19(2)18-10)20(14(16)17-12)8-5-6-11(21-3)9(15)7-8/h5-7H,4H2,1-3H3,(H2,16,17). The number of aryl methyl sites for hydroxylation is 2. The van der Waals surface area contributed by atoms with E-state index in [1.54, 1.807) is 23.9 Å². The molecule has 0 saturated carbocycles. The summed E-state index contributed by atoms with van der Waals surface area (Å²) < 4.78 is 8.80. The number of hydrogen-bond acceptors (Lipinski definition) is 4. The SMILES string of the molecule is CCc1nn(C)c2c1nc(N)n2-c1ccc(OC)c(Cl)c1. The highest BCUT2D eigenvalue weighted by atomic mass is 35.5. The van der Waals surface area contributed by atoms with Crippen molar-refractivity contribution in [3.63, 3.8) is 0 Å². The Labute approximate surface area is 127 Å². The summed E-state index contributed by atoms with van der Waals surface area (Å²) in [4.78, 5) is 4.44. The van der Waals surface area contributed by atoms with Crippen molar-refractivity contribution in [1.29, 1.82) is 0 Å². The van der Waals surface area contributed by atoms with Gasteiger partial charge in [-0.25, -0.2) is 9.67 Å². The Hall–Kier alpha value is -2.21. The lowest BCUT2D eigenvalue weighted by atomic mass is 10.3. The number of anilines is 1. The summed E-state index contributed by atoms with van der Waals surface area (Å²) >= 11 is 6.20. The van der Waals surface area contributed by atoms with Crippen LogP contribution in [0, 0.1) is 0 Å². The van der Waals surface area contributed by atoms with Gasteiger partial charge >= 0.3 is 0 Å². The zero-order valence-corrected chi connectivity index (χ0v) is 12.8. The fourth-order valence-corrected chi connectivity index (χ4v) is 2.74. The second kappa shape index (κ2) is 4.96. The van der Waals surface area contributed by atoms with Gasteiger partial charge in [0.25, 0.3) is 0 Å². The Balaban J connectivity index is 2.27. The van der Waals surface area contributed by atoms with Gasteiger partial charge in [0.2, 0.25) is 5.95 Å². The van der Waals surface area contributed by atoms with Gasteiger partial charge in [-0.15, -0.1) is 0 Å². The van der Waals surface area contributed by atoms with Crippen LogP contribution in [0.2, 0.25) is 5.02 Å². The van der Waals surface area contributed by atoms with Crippen molar-refractivity contribution >= 4 is 28.7 Å². The van der Waals surface area contributed by atoms with E-state index in [1.165, 1.54) is 0 Å². The summed E-state index contributed by atoms with van der Waals surface area (Å²) in [5, 5.41) is 4.99. The number of methoxy groups -OCH3 is 1. The van der Waals surface area contributed by atoms with Gasteiger partial charge in [-0.1, -0.05) is 18.5 Å². The van der Waals surface area contributed by atoms with Crippen LogP contribution in [0.15, 0.2) is 18.2 Å². The van der Waals surface area contributed by atoms with Crippen LogP contribution in [0.25, 0.3) is 16.9 Å². The molecule has 0 atom stereocenters. The van der Waals surface area contributed by atoms with E-state index in [-0.39, 0.29) is 0 Å². The second-order valence-electron chi connectivity index (χ2n) is 4.72. The second-order valence-corrected chi connectivity index (χ2v) is 5.13. The van der Waals surface area contributed by atoms with Gasteiger partial charge in [-0.2, -0.15) is 5.10 Å². The van der Waals surface area contributed by atoms with Crippen molar-refractivity contribution < 1.29 is 4.74 Å². The molecule has 0 aliphatic carbocycles. The molecule has 0 fully saturated rings. The lowest BCUT2D eigenvalue weighted by Gasteiger charge is -2.09. The quantitative estimate of drug-likeness (QED) is 0.807. The maximum Gasteiger partial charge on any atom is 0.207 e. The van der Waals surface area contributed by atoms with Crippen molar-refractivity contribution in [2.75, 3.05) is 12.8 Å². The number of nitrogens with zero attached hydrogens (tertiary/aromatic N) is 4. The Morgan fingerprint density at radius 1 is 1.38 bits per heavy atom. The number of imidazole rings is 1. The highest BCUT2D eigenvalue weighted by Crippen LogP contribution is 2.30. The molecule has 2 aromatic heterocycles. The van der Waals surface area contributed by atoms with E-state index in [1.807, 2.05) is 24.6 Å². The molecule has 7 heteroatoms. The van der Waals surface area contributed by atoms with Gasteiger partial charge in [0.1, 0.15) is 11.3 Å². The number of nitrogens with two attached hydrogens (primary N) is 1. The minimum atomic E-state index is 0.411. The monoisotopic (exact) mass is 305 g/mol. The van der Waals surface area contributed by atoms with E-state index < -0.39 is 0 Å². The summed E-state index contributed by atoms with van der Waals surface area (Å²) in [7, 11) is 3.46. The molecule has 0 radical (unpaired) electrons. The lowest BCUT2D eigenvalue weighted by Crippen LogP contribution is -2.05. The molecule has 21 heavy (non-hydrogen) atoms. The lowest BCUT2D eigenvalue weighted by molar-refractivity contribution is 0.415. The van der Waals surface area contributed by atoms with Crippen LogP contribution < -0.4 is 10.5 Å². The van der Waals surface area contributed by atoms with Crippen LogP contribution in [0.4, 0.5) is 5.95 Å². The van der Waals surface area contributed by atoms with E-state index >= 15 is 0 Å². The molecule has 110 valence electrons. The van der Waals surface area contributed by atoms with Crippen molar-refractivity contribution in [3.05, 3.63) is 28.9 Å². The predicted octanol–water partition coefficient (Wildman–Crippen LogP) is 2.57. The first-order chi connectivity index (χ1) is 10.1. The van der Waals surface area contributed by atoms with Gasteiger partial charge in [-0.05, 0) is 24.6 Å². The van der Waals surface area contributed by atoms with E-state index in [2.05, 4.69) is 10.1 Å². The zero-order chi connectivity index (χ0) is 15.1. The first-order valence-electron chi connectivity index (χ1n) is 6.60. The average molecular weight is 306 g/mol. The van der Waals surface area contributed by atoms with Gasteiger partial charge in [0, 0.05) is 7.05 Å². The molecule has 0 amide bonds. The number of nitrogen functional groups attached to an aromatic ring is 1. The number of fused-ring (bicyclic) bond motifs is 1. The minimum Gasteiger partial charge on any atom is -0.495 e. The first kappa shape index (κ1) is 13.8. The van der Waals surface area contributed by atoms with Crippen LogP contribution in [-0.2, 0) is 13.5 Å². The third kappa shape index (κ3) is 2.03. The van der Waals surface area contributed by atoms with Gasteiger partial charge < -0.3 is 10.5 Å². The molecule has 0 bridgehead atoms. The van der Waals surface area contributed by atoms with Crippen LogP contribution in [-0.4, -0.2) is 26.4 Å². The molecular weight excluding hydrogens is 290 g/mol. The summed E-state index contributed by atoms with van der Waals surface area (Å²) in [6.07, 6.45) is 0.803. The third-order valence-electron chi connectivity index (χ3n) is 3.46. The summed E-state index contributed by atoms with van der Waals surface area (Å²) in [6, 6.07) is 5.50. The third-order valence-corrected chi connectivity index (χ3v) is 3.75. The number of aromatic nitrogens is 4. The molecule has 0 saturated heterocycles. The molecule has 6 nitrogen and oxygen atoms in total. The molecule has 0 unspecified atom stereocenters. The highest BCUT2D eigenvalue weighted by Gasteiger charge is 2.18. The van der Waals surface area contributed by atoms with Crippen molar-refractivity contribution in [3.8, 4) is 11.4 Å². The normalized spacial score (nSPS) is 11.2. The number of rotatable bonds is 3. The summed E-state index contributed by atoms with van der Waals surface area (Å²) in [5.41, 5.74) is 9.51. The summed E-state index contributed by atoms with van der Waals surface area (Å²) in [5.74, 6) is 1.03. The van der Waals surface area contributed by atoms with E-state index in [4.69, 9.17) is 22.1 Å². The molecular formula is C14H16ClN5O. The smallest absolute Gasteiger partial charge is 0.207 e. The average Bonchev–Trinajstić information content (AvgIpc) is 2.95. The van der Waals surface area contributed by atoms with Crippen LogP contribution in [0.3, 0.4) is 0 Å². The highest BCUT2D eigenvalue weighted by molar-refractivity contribution is 6.32. The Kier molecular flexibility index (Phi) is 3.25. The molecule has 0 spiro atoms. The number of benzene rings is 1. The predicted molar refractivity (Wildman–Crippen MR) is 83.2 cm³/mol. The van der Waals surface area contributed by atoms with Gasteiger partial charge in [0.05, 0.1) is 23.5 Å². The van der Waals surface area contributed by atoms with Crippen LogP contribution >= 0.6 is 11.6 Å². The van der Waals surface area contributed by atoms with Crippen molar-refractivity contribution in [2.45, 2.75) is 13.3 Å². The molecule has 2 N–H and O–H groups in total. The molecule has 0 aliphatic rings. The fraction of sp³-hybridized carbons (Fsp3) is 0.286.